The maximum atomic E-state index is 12.9. The lowest BCUT2D eigenvalue weighted by molar-refractivity contribution is 0.461. The molecule has 8 heteroatoms. The molecule has 2 N–H and O–H groups in total. The van der Waals surface area contributed by atoms with Gasteiger partial charge in [-0.3, -0.25) is 4.98 Å². The van der Waals surface area contributed by atoms with E-state index in [0.717, 1.165) is 17.8 Å². The molecule has 0 saturated carbocycles. The summed E-state index contributed by atoms with van der Waals surface area (Å²) in [7, 11) is 0. The number of nitrogens with one attached hydrogen (secondary N) is 2. The molecule has 0 aliphatic carbocycles. The minimum Gasteiger partial charge on any atom is -0.439 e. The van der Waals surface area contributed by atoms with Crippen LogP contribution in [0.5, 0.6) is 11.6 Å². The van der Waals surface area contributed by atoms with E-state index < -0.39 is 0 Å². The molecule has 29 heavy (non-hydrogen) atoms. The van der Waals surface area contributed by atoms with E-state index in [0.29, 0.717) is 30.7 Å². The van der Waals surface area contributed by atoms with Crippen molar-refractivity contribution in [3.05, 3.63) is 84.1 Å². The molecule has 0 saturated heterocycles. The number of benzene rings is 1. The molecule has 2 heterocycles. The van der Waals surface area contributed by atoms with Gasteiger partial charge in [0, 0.05) is 25.0 Å². The molecule has 0 aliphatic rings. The van der Waals surface area contributed by atoms with Crippen molar-refractivity contribution in [2.45, 2.75) is 20.0 Å². The molecule has 0 spiro atoms. The van der Waals surface area contributed by atoms with Gasteiger partial charge in [-0.25, -0.2) is 14.4 Å². The Morgan fingerprint density at radius 1 is 1.03 bits per heavy atom. The summed E-state index contributed by atoms with van der Waals surface area (Å²) in [6, 6.07) is 15.3. The summed E-state index contributed by atoms with van der Waals surface area (Å²) in [5, 5.41) is 6.46. The van der Waals surface area contributed by atoms with Crippen molar-refractivity contribution in [3.63, 3.8) is 0 Å². The third kappa shape index (κ3) is 7.65. The zero-order valence-corrected chi connectivity index (χ0v) is 18.3. The highest BCUT2D eigenvalue weighted by atomic mass is 127. The van der Waals surface area contributed by atoms with Gasteiger partial charge in [0.25, 0.3) is 0 Å². The third-order valence-corrected chi connectivity index (χ3v) is 3.76. The summed E-state index contributed by atoms with van der Waals surface area (Å²) in [6.07, 6.45) is 3.48. The van der Waals surface area contributed by atoms with E-state index in [1.54, 1.807) is 30.6 Å². The number of hydrogen-bond acceptors (Lipinski definition) is 4. The summed E-state index contributed by atoms with van der Waals surface area (Å²) >= 11 is 0. The first-order chi connectivity index (χ1) is 13.7. The molecule has 152 valence electrons. The zero-order chi connectivity index (χ0) is 19.6. The maximum absolute atomic E-state index is 12.9. The van der Waals surface area contributed by atoms with Gasteiger partial charge in [-0.15, -0.1) is 24.0 Å². The van der Waals surface area contributed by atoms with Gasteiger partial charge < -0.3 is 15.4 Å². The molecule has 3 rings (SSSR count). The third-order valence-electron chi connectivity index (χ3n) is 3.76. The second-order valence-electron chi connectivity index (χ2n) is 5.93. The van der Waals surface area contributed by atoms with Crippen LogP contribution in [0, 0.1) is 5.82 Å². The van der Waals surface area contributed by atoms with Crippen LogP contribution in [0.15, 0.2) is 72.0 Å². The number of guanidine groups is 1. The van der Waals surface area contributed by atoms with Crippen molar-refractivity contribution in [3.8, 4) is 11.6 Å². The molecule has 3 aromatic rings. The second-order valence-corrected chi connectivity index (χ2v) is 5.93. The SMILES string of the molecule is CCNC(=NCc1ccc(Oc2ccc(F)cc2)nc1)NCc1ccccn1.I. The monoisotopic (exact) mass is 507 g/mol. The Balaban J connectivity index is 0.00000300. The van der Waals surface area contributed by atoms with Crippen LogP contribution in [-0.2, 0) is 13.1 Å². The van der Waals surface area contributed by atoms with E-state index in [1.165, 1.54) is 12.1 Å². The fourth-order valence-corrected chi connectivity index (χ4v) is 2.38. The topological polar surface area (TPSA) is 71.4 Å². The summed E-state index contributed by atoms with van der Waals surface area (Å²) in [5.41, 5.74) is 1.89. The van der Waals surface area contributed by atoms with Crippen LogP contribution in [-0.4, -0.2) is 22.5 Å². The number of ether oxygens (including phenoxy) is 1. The summed E-state index contributed by atoms with van der Waals surface area (Å²) in [6.45, 7) is 3.84. The predicted molar refractivity (Wildman–Crippen MR) is 122 cm³/mol. The molecule has 0 aliphatic heterocycles. The van der Waals surface area contributed by atoms with Crippen LogP contribution in [0.4, 0.5) is 4.39 Å². The standard InChI is InChI=1S/C21H22FN5O.HI/c1-2-23-21(27-15-18-5-3-4-12-24-18)26-14-16-6-11-20(25-13-16)28-19-9-7-17(22)8-10-19;/h3-13H,2,14-15H2,1H3,(H2,23,26,27);1H. The summed E-state index contributed by atoms with van der Waals surface area (Å²) < 4.78 is 18.5. The lowest BCUT2D eigenvalue weighted by Crippen LogP contribution is -2.37. The van der Waals surface area contributed by atoms with E-state index >= 15 is 0 Å². The van der Waals surface area contributed by atoms with Crippen LogP contribution < -0.4 is 15.4 Å². The van der Waals surface area contributed by atoms with Gasteiger partial charge in [-0.2, -0.15) is 0 Å². The van der Waals surface area contributed by atoms with Gasteiger partial charge in [0.15, 0.2) is 5.96 Å². The smallest absolute Gasteiger partial charge is 0.219 e. The van der Waals surface area contributed by atoms with E-state index in [9.17, 15) is 4.39 Å². The molecule has 1 aromatic carbocycles. The van der Waals surface area contributed by atoms with Gasteiger partial charge in [0.2, 0.25) is 5.88 Å². The van der Waals surface area contributed by atoms with Gasteiger partial charge in [0.05, 0.1) is 18.8 Å². The molecule has 0 radical (unpaired) electrons. The lowest BCUT2D eigenvalue weighted by atomic mass is 10.3. The Hall–Kier alpha value is -2.75. The fraction of sp³-hybridized carbons (Fsp3) is 0.190. The van der Waals surface area contributed by atoms with E-state index in [4.69, 9.17) is 4.74 Å². The van der Waals surface area contributed by atoms with Gasteiger partial charge in [0.1, 0.15) is 11.6 Å². The van der Waals surface area contributed by atoms with Crippen molar-refractivity contribution in [1.82, 2.24) is 20.6 Å². The van der Waals surface area contributed by atoms with Crippen molar-refractivity contribution >= 4 is 29.9 Å². The Morgan fingerprint density at radius 2 is 1.86 bits per heavy atom. The van der Waals surface area contributed by atoms with Crippen LogP contribution in [0.3, 0.4) is 0 Å². The highest BCUT2D eigenvalue weighted by molar-refractivity contribution is 14.0. The van der Waals surface area contributed by atoms with Crippen LogP contribution in [0.25, 0.3) is 0 Å². The lowest BCUT2D eigenvalue weighted by Gasteiger charge is -2.11. The quantitative estimate of drug-likeness (QED) is 0.284. The second kappa shape index (κ2) is 11.9. The Labute approximate surface area is 186 Å². The van der Waals surface area contributed by atoms with Gasteiger partial charge >= 0.3 is 0 Å². The molecule has 2 aromatic heterocycles. The minimum absolute atomic E-state index is 0. The highest BCUT2D eigenvalue weighted by Gasteiger charge is 2.02. The van der Waals surface area contributed by atoms with E-state index in [2.05, 4.69) is 25.6 Å². The summed E-state index contributed by atoms with van der Waals surface area (Å²) in [4.78, 5) is 13.1. The first kappa shape index (κ1) is 22.5. The minimum atomic E-state index is -0.304. The van der Waals surface area contributed by atoms with Crippen molar-refractivity contribution in [2.24, 2.45) is 4.99 Å². The maximum Gasteiger partial charge on any atom is 0.219 e. The van der Waals surface area contributed by atoms with Crippen LogP contribution in [0.1, 0.15) is 18.2 Å². The fourth-order valence-electron chi connectivity index (χ4n) is 2.38. The number of aliphatic imine (C=N–C) groups is 1. The van der Waals surface area contributed by atoms with Crippen LogP contribution in [0.2, 0.25) is 0 Å². The molecule has 0 fully saturated rings. The zero-order valence-electron chi connectivity index (χ0n) is 16.0. The predicted octanol–water partition coefficient (Wildman–Crippen LogP) is 4.28. The molecular weight excluding hydrogens is 484 g/mol. The largest absolute Gasteiger partial charge is 0.439 e. The Bertz CT molecular complexity index is 889. The molecule has 6 nitrogen and oxygen atoms in total. The van der Waals surface area contributed by atoms with Crippen LogP contribution >= 0.6 is 24.0 Å². The van der Waals surface area contributed by atoms with Crippen molar-refractivity contribution in [2.75, 3.05) is 6.54 Å². The number of rotatable bonds is 7. The van der Waals surface area contributed by atoms with Crippen molar-refractivity contribution < 1.29 is 9.13 Å². The normalized spacial score (nSPS) is 10.8. The number of pyridine rings is 2. The summed E-state index contributed by atoms with van der Waals surface area (Å²) in [5.74, 6) is 1.38. The molecule has 0 atom stereocenters. The van der Waals surface area contributed by atoms with Gasteiger partial charge in [-0.1, -0.05) is 12.1 Å². The number of hydrogen-bond donors (Lipinski definition) is 2. The van der Waals surface area contributed by atoms with Gasteiger partial charge in [-0.05, 0) is 48.9 Å². The number of nitrogens with zero attached hydrogens (tertiary/aromatic N) is 3. The number of aromatic nitrogens is 2. The highest BCUT2D eigenvalue weighted by Crippen LogP contribution is 2.19. The Morgan fingerprint density at radius 3 is 2.52 bits per heavy atom. The Kier molecular flexibility index (Phi) is 9.29. The van der Waals surface area contributed by atoms with E-state index in [1.807, 2.05) is 31.2 Å². The van der Waals surface area contributed by atoms with Crippen molar-refractivity contribution in [1.29, 1.82) is 0 Å². The average Bonchev–Trinajstić information content (AvgIpc) is 2.73. The number of halogens is 2. The van der Waals surface area contributed by atoms with E-state index in [-0.39, 0.29) is 29.8 Å². The first-order valence-electron chi connectivity index (χ1n) is 9.03. The average molecular weight is 507 g/mol. The molecular formula is C21H23FIN5O. The molecule has 0 bridgehead atoms. The molecule has 0 unspecified atom stereocenters. The first-order valence-corrected chi connectivity index (χ1v) is 9.03. The molecule has 0 amide bonds.